The lowest BCUT2D eigenvalue weighted by Crippen LogP contribution is -2.49. The maximum absolute atomic E-state index is 13.7. The van der Waals surface area contributed by atoms with Gasteiger partial charge in [0, 0.05) is 26.2 Å². The van der Waals surface area contributed by atoms with Gasteiger partial charge in [0.05, 0.1) is 12.1 Å². The van der Waals surface area contributed by atoms with Gasteiger partial charge >= 0.3 is 0 Å². The summed E-state index contributed by atoms with van der Waals surface area (Å²) < 4.78 is 15.2. The Morgan fingerprint density at radius 2 is 1.59 bits per heavy atom. The van der Waals surface area contributed by atoms with E-state index in [0.29, 0.717) is 55.3 Å². The summed E-state index contributed by atoms with van der Waals surface area (Å²) in [7, 11) is 0. The van der Waals surface area contributed by atoms with Crippen molar-refractivity contribution in [3.05, 3.63) is 96.6 Å². The molecule has 8 nitrogen and oxygen atoms in total. The summed E-state index contributed by atoms with van der Waals surface area (Å²) in [5, 5.41) is 8.47. The second kappa shape index (κ2) is 9.77. The third kappa shape index (κ3) is 4.63. The Kier molecular flexibility index (Phi) is 6.02. The highest BCUT2D eigenvalue weighted by Gasteiger charge is 2.25. The molecule has 0 N–H and O–H groups in total. The summed E-state index contributed by atoms with van der Waals surface area (Å²) in [5.41, 5.74) is 4.89. The average Bonchev–Trinajstić information content (AvgIpc) is 3.39. The van der Waals surface area contributed by atoms with E-state index in [0.717, 1.165) is 16.7 Å². The number of hydrogen-bond acceptors (Lipinski definition) is 6. The maximum Gasteiger partial charge on any atom is 0.227 e. The molecule has 0 spiro atoms. The molecule has 0 unspecified atom stereocenters. The van der Waals surface area contributed by atoms with Gasteiger partial charge in [-0.15, -0.1) is 5.10 Å². The highest BCUT2D eigenvalue weighted by atomic mass is 19.1. The molecule has 2 aromatic heterocycles. The molecule has 3 heterocycles. The predicted molar refractivity (Wildman–Crippen MR) is 139 cm³/mol. The van der Waals surface area contributed by atoms with Crippen LogP contribution in [0.1, 0.15) is 5.56 Å². The average molecular weight is 494 g/mol. The molecule has 184 valence electrons. The van der Waals surface area contributed by atoms with E-state index in [4.69, 9.17) is 0 Å². The van der Waals surface area contributed by atoms with Crippen LogP contribution in [0, 0.1) is 5.82 Å². The van der Waals surface area contributed by atoms with Gasteiger partial charge in [0.15, 0.2) is 17.0 Å². The molecule has 0 aliphatic carbocycles. The number of halogens is 1. The molecule has 1 aliphatic rings. The minimum Gasteiger partial charge on any atom is -0.351 e. The number of benzene rings is 3. The SMILES string of the molecule is O=C(Cc1ccc(-c2ccccc2)cc1)N1CCN(c2ncnc3c2nnn3-c2cccc(F)c2)CC1. The molecule has 1 aliphatic heterocycles. The van der Waals surface area contributed by atoms with Crippen molar-refractivity contribution in [2.24, 2.45) is 0 Å². The van der Waals surface area contributed by atoms with Crippen LogP contribution in [0.5, 0.6) is 0 Å². The van der Waals surface area contributed by atoms with Crippen LogP contribution in [0.2, 0.25) is 0 Å². The standard InChI is InChI=1S/C28H24FN7O/c29-23-7-4-8-24(18-23)36-28-26(32-33-36)27(30-19-31-28)35-15-13-34(14-16-35)25(37)17-20-9-11-22(12-10-20)21-5-2-1-3-6-21/h1-12,18-19H,13-17H2. The molecular formula is C28H24FN7O. The van der Waals surface area contributed by atoms with E-state index in [9.17, 15) is 9.18 Å². The summed E-state index contributed by atoms with van der Waals surface area (Å²) in [6, 6.07) is 24.5. The molecule has 3 aromatic carbocycles. The summed E-state index contributed by atoms with van der Waals surface area (Å²) in [6.45, 7) is 2.42. The second-order valence-corrected chi connectivity index (χ2v) is 8.96. The Morgan fingerprint density at radius 1 is 0.838 bits per heavy atom. The van der Waals surface area contributed by atoms with Crippen LogP contribution in [0.3, 0.4) is 0 Å². The normalized spacial score (nSPS) is 13.8. The van der Waals surface area contributed by atoms with Gasteiger partial charge in [-0.25, -0.2) is 14.4 Å². The number of piperazine rings is 1. The quantitative estimate of drug-likeness (QED) is 0.369. The Bertz CT molecular complexity index is 1540. The maximum atomic E-state index is 13.7. The Balaban J connectivity index is 1.12. The van der Waals surface area contributed by atoms with Crippen molar-refractivity contribution in [1.29, 1.82) is 0 Å². The number of rotatable bonds is 5. The molecule has 1 saturated heterocycles. The molecule has 1 fully saturated rings. The molecule has 9 heteroatoms. The van der Waals surface area contributed by atoms with E-state index in [1.54, 1.807) is 12.1 Å². The molecule has 0 atom stereocenters. The van der Waals surface area contributed by atoms with Crippen LogP contribution in [0.15, 0.2) is 85.2 Å². The van der Waals surface area contributed by atoms with E-state index in [1.165, 1.54) is 23.1 Å². The number of aromatic nitrogens is 5. The van der Waals surface area contributed by atoms with Gasteiger partial charge in [-0.05, 0) is 34.9 Å². The number of hydrogen-bond donors (Lipinski definition) is 0. The van der Waals surface area contributed by atoms with Crippen LogP contribution < -0.4 is 4.90 Å². The molecule has 5 aromatic rings. The van der Waals surface area contributed by atoms with Gasteiger partial charge in [0.25, 0.3) is 0 Å². The molecule has 37 heavy (non-hydrogen) atoms. The number of carbonyl (C=O) groups is 1. The molecule has 0 saturated carbocycles. The van der Waals surface area contributed by atoms with Gasteiger partial charge in [0.1, 0.15) is 12.1 Å². The van der Waals surface area contributed by atoms with E-state index < -0.39 is 0 Å². The van der Waals surface area contributed by atoms with E-state index >= 15 is 0 Å². The van der Waals surface area contributed by atoms with Crippen molar-refractivity contribution in [2.75, 3.05) is 31.1 Å². The van der Waals surface area contributed by atoms with Crippen LogP contribution >= 0.6 is 0 Å². The van der Waals surface area contributed by atoms with Crippen molar-refractivity contribution in [3.63, 3.8) is 0 Å². The van der Waals surface area contributed by atoms with Crippen LogP contribution in [-0.2, 0) is 11.2 Å². The lowest BCUT2D eigenvalue weighted by Gasteiger charge is -2.35. The Labute approximate surface area is 213 Å². The Hall–Kier alpha value is -4.66. The number of anilines is 1. The number of amides is 1. The van der Waals surface area contributed by atoms with Crippen LogP contribution in [0.4, 0.5) is 10.2 Å². The largest absolute Gasteiger partial charge is 0.351 e. The van der Waals surface area contributed by atoms with Gasteiger partial charge in [-0.3, -0.25) is 4.79 Å². The van der Waals surface area contributed by atoms with Gasteiger partial charge < -0.3 is 9.80 Å². The Morgan fingerprint density at radius 3 is 2.35 bits per heavy atom. The number of nitrogens with zero attached hydrogens (tertiary/aromatic N) is 7. The third-order valence-electron chi connectivity index (χ3n) is 6.62. The zero-order chi connectivity index (χ0) is 25.2. The first-order valence-electron chi connectivity index (χ1n) is 12.2. The molecule has 0 bridgehead atoms. The van der Waals surface area contributed by atoms with Crippen molar-refractivity contribution in [2.45, 2.75) is 6.42 Å². The summed E-state index contributed by atoms with van der Waals surface area (Å²) in [4.78, 5) is 25.8. The summed E-state index contributed by atoms with van der Waals surface area (Å²) in [6.07, 6.45) is 1.84. The zero-order valence-corrected chi connectivity index (χ0v) is 20.0. The fraction of sp³-hybridized carbons (Fsp3) is 0.179. The lowest BCUT2D eigenvalue weighted by molar-refractivity contribution is -0.130. The van der Waals surface area contributed by atoms with E-state index in [2.05, 4.69) is 49.4 Å². The molecule has 0 radical (unpaired) electrons. The van der Waals surface area contributed by atoms with E-state index in [1.807, 2.05) is 35.2 Å². The monoisotopic (exact) mass is 493 g/mol. The predicted octanol–water partition coefficient (Wildman–Crippen LogP) is 3.91. The number of fused-ring (bicyclic) bond motifs is 1. The first kappa shape index (κ1) is 22.8. The smallest absolute Gasteiger partial charge is 0.227 e. The van der Waals surface area contributed by atoms with Crippen molar-refractivity contribution >= 4 is 22.9 Å². The van der Waals surface area contributed by atoms with Crippen molar-refractivity contribution in [3.8, 4) is 16.8 Å². The fourth-order valence-corrected chi connectivity index (χ4v) is 4.65. The summed E-state index contributed by atoms with van der Waals surface area (Å²) in [5.74, 6) is 0.414. The minimum absolute atomic E-state index is 0.108. The lowest BCUT2D eigenvalue weighted by atomic mass is 10.0. The summed E-state index contributed by atoms with van der Waals surface area (Å²) >= 11 is 0. The second-order valence-electron chi connectivity index (χ2n) is 8.96. The van der Waals surface area contributed by atoms with Gasteiger partial charge in [0.2, 0.25) is 5.91 Å². The zero-order valence-electron chi connectivity index (χ0n) is 20.0. The fourth-order valence-electron chi connectivity index (χ4n) is 4.65. The first-order chi connectivity index (χ1) is 18.2. The van der Waals surface area contributed by atoms with Crippen molar-refractivity contribution < 1.29 is 9.18 Å². The topological polar surface area (TPSA) is 80.0 Å². The highest BCUT2D eigenvalue weighted by molar-refractivity contribution is 5.84. The first-order valence-corrected chi connectivity index (χ1v) is 12.2. The minimum atomic E-state index is -0.358. The molecule has 6 rings (SSSR count). The van der Waals surface area contributed by atoms with Gasteiger partial charge in [-0.2, -0.15) is 4.68 Å². The number of carbonyl (C=O) groups excluding carboxylic acids is 1. The molecular weight excluding hydrogens is 469 g/mol. The van der Waals surface area contributed by atoms with Gasteiger partial charge in [-0.1, -0.05) is 65.9 Å². The third-order valence-corrected chi connectivity index (χ3v) is 6.62. The van der Waals surface area contributed by atoms with Crippen LogP contribution in [-0.4, -0.2) is 61.9 Å². The molecule has 1 amide bonds. The van der Waals surface area contributed by atoms with E-state index in [-0.39, 0.29) is 11.7 Å². The van der Waals surface area contributed by atoms with Crippen molar-refractivity contribution in [1.82, 2.24) is 29.9 Å². The highest BCUT2D eigenvalue weighted by Crippen LogP contribution is 2.24. The van der Waals surface area contributed by atoms with Crippen LogP contribution in [0.25, 0.3) is 28.0 Å².